The Morgan fingerprint density at radius 3 is 2.49 bits per heavy atom. The lowest BCUT2D eigenvalue weighted by Gasteiger charge is -2.46. The van der Waals surface area contributed by atoms with E-state index in [-0.39, 0.29) is 53.8 Å². The minimum Gasteiger partial charge on any atom is -0.492 e. The van der Waals surface area contributed by atoms with E-state index >= 15 is 4.39 Å². The highest BCUT2D eigenvalue weighted by Gasteiger charge is 2.35. The van der Waals surface area contributed by atoms with Crippen LogP contribution in [0.4, 0.5) is 14.9 Å². The molecule has 5 rings (SSSR count). The first kappa shape index (κ1) is 31.3. The first-order chi connectivity index (χ1) is 20.5. The van der Waals surface area contributed by atoms with Crippen LogP contribution in [-0.4, -0.2) is 77.3 Å². The number of rotatable bonds is 9. The topological polar surface area (TPSA) is 117 Å². The molecule has 232 valence electrons. The SMILES string of the molecule is COc1c(N2CC(C)N(C[C@@H](O)CO)C(C)C2)c(F)cc2c(=O)c(OC(=O)NCc3ccc(Cl)cc3Cl)cn(C3CC3)c12. The fourth-order valence-electron chi connectivity index (χ4n) is 5.79. The molecule has 13 heteroatoms. The van der Waals surface area contributed by atoms with Gasteiger partial charge in [0, 0.05) is 54.3 Å². The highest BCUT2D eigenvalue weighted by atomic mass is 35.5. The molecule has 0 spiro atoms. The number of aromatic nitrogens is 1. The largest absolute Gasteiger partial charge is 0.492 e. The van der Waals surface area contributed by atoms with Gasteiger partial charge in [-0.05, 0) is 50.5 Å². The number of fused-ring (bicyclic) bond motifs is 1. The van der Waals surface area contributed by atoms with Crippen molar-refractivity contribution in [2.45, 2.75) is 57.5 Å². The lowest BCUT2D eigenvalue weighted by molar-refractivity contribution is 0.0257. The molecule has 2 aliphatic rings. The second-order valence-electron chi connectivity index (χ2n) is 11.2. The Balaban J connectivity index is 1.47. The summed E-state index contributed by atoms with van der Waals surface area (Å²) in [5.74, 6) is -0.631. The van der Waals surface area contributed by atoms with Gasteiger partial charge in [-0.3, -0.25) is 9.69 Å². The number of carbonyl (C=O) groups is 1. The number of nitrogens with one attached hydrogen (secondary N) is 1. The molecule has 2 unspecified atom stereocenters. The third-order valence-corrected chi connectivity index (χ3v) is 8.59. The number of aliphatic hydroxyl groups is 2. The van der Waals surface area contributed by atoms with E-state index < -0.39 is 23.4 Å². The van der Waals surface area contributed by atoms with Gasteiger partial charge in [-0.2, -0.15) is 0 Å². The summed E-state index contributed by atoms with van der Waals surface area (Å²) >= 11 is 12.1. The Kier molecular flexibility index (Phi) is 9.38. The van der Waals surface area contributed by atoms with E-state index in [0.717, 1.165) is 12.8 Å². The molecule has 1 saturated carbocycles. The van der Waals surface area contributed by atoms with Gasteiger partial charge in [-0.25, -0.2) is 9.18 Å². The van der Waals surface area contributed by atoms with Crippen LogP contribution in [0.2, 0.25) is 10.0 Å². The van der Waals surface area contributed by atoms with Crippen LogP contribution in [0, 0.1) is 5.82 Å². The molecule has 2 heterocycles. The monoisotopic (exact) mass is 636 g/mol. The maximum atomic E-state index is 16.0. The number of amides is 1. The Morgan fingerprint density at radius 2 is 1.88 bits per heavy atom. The number of anilines is 1. The number of aliphatic hydroxyl groups excluding tert-OH is 2. The Morgan fingerprint density at radius 1 is 1.19 bits per heavy atom. The number of β-amino-alcohol motifs (C(OH)–C–C–N with tert-alkyl or cyclic N) is 1. The van der Waals surface area contributed by atoms with Gasteiger partial charge in [0.25, 0.3) is 0 Å². The van der Waals surface area contributed by atoms with Crippen molar-refractivity contribution in [3.05, 3.63) is 62.1 Å². The molecule has 10 nitrogen and oxygen atoms in total. The summed E-state index contributed by atoms with van der Waals surface area (Å²) in [7, 11) is 1.44. The van der Waals surface area contributed by atoms with Crippen LogP contribution < -0.4 is 25.1 Å². The van der Waals surface area contributed by atoms with Crippen LogP contribution >= 0.6 is 23.2 Å². The van der Waals surface area contributed by atoms with Crippen LogP contribution in [0.5, 0.6) is 11.5 Å². The van der Waals surface area contributed by atoms with Crippen molar-refractivity contribution in [1.82, 2.24) is 14.8 Å². The van der Waals surface area contributed by atoms with Crippen molar-refractivity contribution in [2.24, 2.45) is 0 Å². The number of hydrogen-bond donors (Lipinski definition) is 3. The summed E-state index contributed by atoms with van der Waals surface area (Å²) < 4.78 is 29.0. The lowest BCUT2D eigenvalue weighted by Crippen LogP contribution is -2.58. The minimum atomic E-state index is -0.870. The molecule has 43 heavy (non-hydrogen) atoms. The summed E-state index contributed by atoms with van der Waals surface area (Å²) in [5, 5.41) is 22.8. The van der Waals surface area contributed by atoms with Crippen molar-refractivity contribution in [1.29, 1.82) is 0 Å². The number of nitrogens with zero attached hydrogens (tertiary/aromatic N) is 3. The van der Waals surface area contributed by atoms with Crippen molar-refractivity contribution in [2.75, 3.05) is 38.3 Å². The molecule has 3 N–H and O–H groups in total. The van der Waals surface area contributed by atoms with Gasteiger partial charge in [-0.15, -0.1) is 0 Å². The highest BCUT2D eigenvalue weighted by Crippen LogP contribution is 2.44. The van der Waals surface area contributed by atoms with Gasteiger partial charge in [0.15, 0.2) is 17.3 Å². The number of piperazine rings is 1. The number of benzene rings is 2. The van der Waals surface area contributed by atoms with Gasteiger partial charge in [-0.1, -0.05) is 29.3 Å². The summed E-state index contributed by atoms with van der Waals surface area (Å²) in [6.07, 6.45) is 1.44. The van der Waals surface area contributed by atoms with Gasteiger partial charge < -0.3 is 34.5 Å². The predicted molar refractivity (Wildman–Crippen MR) is 163 cm³/mol. The van der Waals surface area contributed by atoms with E-state index in [1.807, 2.05) is 23.3 Å². The molecule has 1 aromatic heterocycles. The van der Waals surface area contributed by atoms with Gasteiger partial charge >= 0.3 is 6.09 Å². The molecular weight excluding hydrogens is 602 g/mol. The van der Waals surface area contributed by atoms with Crippen LogP contribution in [0.1, 0.15) is 38.3 Å². The predicted octanol–water partition coefficient (Wildman–Crippen LogP) is 4.33. The molecule has 1 saturated heterocycles. The van der Waals surface area contributed by atoms with Crippen molar-refractivity contribution in [3.8, 4) is 11.5 Å². The van der Waals surface area contributed by atoms with Crippen LogP contribution in [0.3, 0.4) is 0 Å². The average molecular weight is 638 g/mol. The molecule has 1 aliphatic carbocycles. The van der Waals surface area contributed by atoms with Crippen LogP contribution in [0.15, 0.2) is 35.3 Å². The van der Waals surface area contributed by atoms with Crippen LogP contribution in [0.25, 0.3) is 10.9 Å². The summed E-state index contributed by atoms with van der Waals surface area (Å²) in [5.41, 5.74) is 0.659. The molecule has 1 aliphatic heterocycles. The maximum Gasteiger partial charge on any atom is 0.413 e. The summed E-state index contributed by atoms with van der Waals surface area (Å²) in [6.45, 7) is 4.85. The van der Waals surface area contributed by atoms with Gasteiger partial charge in [0.05, 0.1) is 36.9 Å². The van der Waals surface area contributed by atoms with E-state index in [1.54, 1.807) is 18.2 Å². The highest BCUT2D eigenvalue weighted by molar-refractivity contribution is 6.35. The van der Waals surface area contributed by atoms with Crippen molar-refractivity contribution < 1.29 is 28.9 Å². The standard InChI is InChI=1S/C30H35Cl2FN4O6/c1-16-11-35(12-17(2)36(16)13-21(39)15-38)27-24(33)9-22-26(29(27)42-3)37(20-6-7-20)14-25(28(22)40)43-30(41)34-10-18-4-5-19(31)8-23(18)32/h4-5,8-9,14,16-17,20-21,38-39H,6-7,10-13,15H2,1-3H3,(H,34,41)/t16?,17?,21-/m1/s1. The Bertz CT molecular complexity index is 1570. The van der Waals surface area contributed by atoms with E-state index in [0.29, 0.717) is 40.8 Å². The first-order valence-electron chi connectivity index (χ1n) is 14.2. The Labute approximate surface area is 258 Å². The minimum absolute atomic E-state index is 0.0308. The number of halogens is 3. The Hall–Kier alpha value is -3.09. The fraction of sp³-hybridized carbons (Fsp3) is 0.467. The van der Waals surface area contributed by atoms with E-state index in [2.05, 4.69) is 10.2 Å². The second kappa shape index (κ2) is 12.9. The fourth-order valence-corrected chi connectivity index (χ4v) is 6.26. The maximum absolute atomic E-state index is 16.0. The molecule has 2 aromatic carbocycles. The number of carbonyl (C=O) groups excluding carboxylic acids is 1. The van der Waals surface area contributed by atoms with E-state index in [1.165, 1.54) is 19.4 Å². The third kappa shape index (κ3) is 6.56. The zero-order valence-electron chi connectivity index (χ0n) is 24.1. The smallest absolute Gasteiger partial charge is 0.413 e. The van der Waals surface area contributed by atoms with Crippen molar-refractivity contribution >= 4 is 45.9 Å². The number of hydrogen-bond acceptors (Lipinski definition) is 8. The van der Waals surface area contributed by atoms with Crippen molar-refractivity contribution in [3.63, 3.8) is 0 Å². The molecule has 3 aromatic rings. The van der Waals surface area contributed by atoms with Gasteiger partial charge in [0.2, 0.25) is 5.43 Å². The molecule has 2 fully saturated rings. The quantitative estimate of drug-likeness (QED) is 0.318. The molecule has 3 atom stereocenters. The zero-order valence-corrected chi connectivity index (χ0v) is 25.7. The van der Waals surface area contributed by atoms with Gasteiger partial charge in [0.1, 0.15) is 5.69 Å². The number of methoxy groups -OCH3 is 1. The van der Waals surface area contributed by atoms with E-state index in [4.69, 9.17) is 32.7 Å². The molecular formula is C30H35Cl2FN4O6. The lowest BCUT2D eigenvalue weighted by atomic mass is 10.0. The normalized spacial score (nSPS) is 19.9. The third-order valence-electron chi connectivity index (χ3n) is 8.00. The number of ether oxygens (including phenoxy) is 2. The number of pyridine rings is 1. The van der Waals surface area contributed by atoms with Crippen LogP contribution in [-0.2, 0) is 6.54 Å². The average Bonchev–Trinajstić information content (AvgIpc) is 3.81. The summed E-state index contributed by atoms with van der Waals surface area (Å²) in [4.78, 5) is 30.2. The first-order valence-corrected chi connectivity index (χ1v) is 14.9. The molecule has 1 amide bonds. The summed E-state index contributed by atoms with van der Waals surface area (Å²) in [6, 6.07) is 5.97. The molecule has 0 radical (unpaired) electrons. The zero-order chi connectivity index (χ0) is 31.0. The second-order valence-corrected chi connectivity index (χ2v) is 12.1. The van der Waals surface area contributed by atoms with E-state index in [9.17, 15) is 19.8 Å². The molecule has 0 bridgehead atoms.